The molecule has 2 N–H and O–H groups in total. The van der Waals surface area contributed by atoms with Gasteiger partial charge in [0.05, 0.1) is 6.61 Å². The van der Waals surface area contributed by atoms with Gasteiger partial charge in [-0.2, -0.15) is 0 Å². The van der Waals surface area contributed by atoms with Crippen LogP contribution in [0.25, 0.3) is 0 Å². The maximum Gasteiger partial charge on any atom is 0.491 e. The van der Waals surface area contributed by atoms with E-state index in [9.17, 15) is 5.02 Å². The van der Waals surface area contributed by atoms with Gasteiger partial charge in [-0.1, -0.05) is 48.5 Å². The third-order valence-corrected chi connectivity index (χ3v) is 6.75. The van der Waals surface area contributed by atoms with Crippen LogP contribution < -0.4 is 10.8 Å². The molecule has 0 amide bonds. The van der Waals surface area contributed by atoms with Crippen molar-refractivity contribution in [3.05, 3.63) is 65.2 Å². The number of benzene rings is 2. The summed E-state index contributed by atoms with van der Waals surface area (Å²) in [7, 11) is -0.742. The smallest absolute Gasteiger partial charge is 0.423 e. The molecule has 146 valence electrons. The summed E-state index contributed by atoms with van der Waals surface area (Å²) in [5.74, 6) is 1.51. The zero-order valence-corrected chi connectivity index (χ0v) is 16.4. The van der Waals surface area contributed by atoms with E-state index in [1.165, 1.54) is 36.0 Å². The van der Waals surface area contributed by atoms with Gasteiger partial charge in [-0.25, -0.2) is 0 Å². The zero-order chi connectivity index (χ0) is 18.9. The monoisotopic (exact) mass is 376 g/mol. The lowest BCUT2D eigenvalue weighted by Gasteiger charge is -2.32. The van der Waals surface area contributed by atoms with E-state index in [0.717, 1.165) is 43.5 Å². The van der Waals surface area contributed by atoms with Crippen molar-refractivity contribution in [2.75, 3.05) is 19.6 Å². The topological polar surface area (TPSA) is 44.7 Å². The Bertz CT molecular complexity index is 808. The summed E-state index contributed by atoms with van der Waals surface area (Å²) in [5, 5.41) is 13.7. The molecule has 2 atom stereocenters. The highest BCUT2D eigenvalue weighted by Crippen LogP contribution is 2.40. The summed E-state index contributed by atoms with van der Waals surface area (Å²) in [6.45, 7) is 4.98. The molecule has 4 nitrogen and oxygen atoms in total. The molecule has 0 radical (unpaired) electrons. The van der Waals surface area contributed by atoms with E-state index in [2.05, 4.69) is 46.6 Å². The molecule has 0 unspecified atom stereocenters. The second-order valence-corrected chi connectivity index (χ2v) is 8.64. The number of nitrogens with zero attached hydrogens (tertiary/aromatic N) is 1. The molecule has 1 saturated heterocycles. The lowest BCUT2D eigenvalue weighted by Crippen LogP contribution is -2.38. The van der Waals surface area contributed by atoms with Crippen molar-refractivity contribution in [2.24, 2.45) is 5.92 Å². The first-order chi connectivity index (χ1) is 13.8. The van der Waals surface area contributed by atoms with Gasteiger partial charge in [-0.05, 0) is 67.0 Å². The van der Waals surface area contributed by atoms with E-state index in [0.29, 0.717) is 12.6 Å². The molecular weight excluding hydrogens is 347 g/mol. The highest BCUT2D eigenvalue weighted by Gasteiger charge is 2.38. The number of hydrogen-bond donors (Lipinski definition) is 2. The van der Waals surface area contributed by atoms with Gasteiger partial charge in [0.1, 0.15) is 0 Å². The summed E-state index contributed by atoms with van der Waals surface area (Å²) >= 11 is 0. The molecule has 1 saturated carbocycles. The van der Waals surface area contributed by atoms with Crippen LogP contribution in [0.5, 0.6) is 0 Å². The molecule has 2 aliphatic heterocycles. The Hall–Kier alpha value is -1.66. The van der Waals surface area contributed by atoms with Crippen LogP contribution in [-0.4, -0.2) is 42.7 Å². The maximum absolute atomic E-state index is 9.90. The molecule has 28 heavy (non-hydrogen) atoms. The predicted octanol–water partition coefficient (Wildman–Crippen LogP) is 2.26. The minimum Gasteiger partial charge on any atom is -0.423 e. The van der Waals surface area contributed by atoms with Crippen LogP contribution in [0.2, 0.25) is 0 Å². The fourth-order valence-corrected chi connectivity index (χ4v) is 4.86. The maximum atomic E-state index is 9.90. The molecule has 2 fully saturated rings. The average Bonchev–Trinajstić information content (AvgIpc) is 3.43. The van der Waals surface area contributed by atoms with E-state index in [1.807, 2.05) is 12.1 Å². The number of nitrogens with one attached hydrogen (secondary N) is 1. The van der Waals surface area contributed by atoms with E-state index >= 15 is 0 Å². The Morgan fingerprint density at radius 2 is 1.89 bits per heavy atom. The van der Waals surface area contributed by atoms with Gasteiger partial charge in [-0.3, -0.25) is 4.90 Å². The standard InChI is InChI=1S/C23H29BN2O2/c27-24-22-8-4-7-19(21(22)16-28-24)15-26-11-9-17(10-12-26)14-25-23-13-20(23)18-5-2-1-3-6-18/h1-8,17,20,23,25,27H,9-16H2/t20-,23+/m0/s1. The van der Waals surface area contributed by atoms with E-state index < -0.39 is 7.12 Å². The molecule has 3 aliphatic rings. The third-order valence-electron chi connectivity index (χ3n) is 6.75. The molecule has 5 rings (SSSR count). The van der Waals surface area contributed by atoms with Crippen LogP contribution in [0, 0.1) is 5.92 Å². The SMILES string of the molecule is OB1OCc2c(CN3CCC(CN[C@@H]4C[C@H]4c4ccccc4)CC3)cccc21. The first-order valence-corrected chi connectivity index (χ1v) is 10.7. The Morgan fingerprint density at radius 3 is 2.71 bits per heavy atom. The average molecular weight is 376 g/mol. The molecule has 0 bridgehead atoms. The van der Waals surface area contributed by atoms with Gasteiger partial charge < -0.3 is 15.0 Å². The number of rotatable bonds is 6. The number of hydrogen-bond acceptors (Lipinski definition) is 4. The summed E-state index contributed by atoms with van der Waals surface area (Å²) in [5.41, 5.74) is 4.95. The second kappa shape index (κ2) is 8.00. The molecule has 2 aromatic carbocycles. The van der Waals surface area contributed by atoms with Gasteiger partial charge in [0.25, 0.3) is 0 Å². The Kier molecular flexibility index (Phi) is 5.25. The minimum atomic E-state index is -0.742. The van der Waals surface area contributed by atoms with Crippen LogP contribution in [0.4, 0.5) is 0 Å². The molecule has 0 spiro atoms. The molecule has 1 aliphatic carbocycles. The summed E-state index contributed by atoms with van der Waals surface area (Å²) in [6, 6.07) is 17.8. The summed E-state index contributed by atoms with van der Waals surface area (Å²) in [4.78, 5) is 2.56. The fourth-order valence-electron chi connectivity index (χ4n) is 4.86. The normalized spacial score (nSPS) is 25.1. The van der Waals surface area contributed by atoms with E-state index in [4.69, 9.17) is 4.65 Å². The summed E-state index contributed by atoms with van der Waals surface area (Å²) < 4.78 is 5.40. The van der Waals surface area contributed by atoms with Crippen molar-refractivity contribution in [3.63, 3.8) is 0 Å². The highest BCUT2D eigenvalue weighted by molar-refractivity contribution is 6.61. The van der Waals surface area contributed by atoms with Gasteiger partial charge in [0, 0.05) is 18.5 Å². The van der Waals surface area contributed by atoms with Crippen LogP contribution >= 0.6 is 0 Å². The highest BCUT2D eigenvalue weighted by atomic mass is 16.5. The molecular formula is C23H29BN2O2. The molecule has 2 heterocycles. The lowest BCUT2D eigenvalue weighted by molar-refractivity contribution is 0.174. The second-order valence-electron chi connectivity index (χ2n) is 8.64. The number of likely N-dealkylation sites (tertiary alicyclic amines) is 1. The molecule has 0 aromatic heterocycles. The van der Waals surface area contributed by atoms with Crippen LogP contribution in [0.15, 0.2) is 48.5 Å². The lowest BCUT2D eigenvalue weighted by atomic mass is 9.78. The Labute approximate surface area is 168 Å². The largest absolute Gasteiger partial charge is 0.491 e. The van der Waals surface area contributed by atoms with Crippen LogP contribution in [0.3, 0.4) is 0 Å². The molecule has 2 aromatic rings. The van der Waals surface area contributed by atoms with Gasteiger partial charge in [-0.15, -0.1) is 0 Å². The quantitative estimate of drug-likeness (QED) is 0.760. The van der Waals surface area contributed by atoms with Gasteiger partial charge in [0.2, 0.25) is 0 Å². The molecule has 5 heteroatoms. The van der Waals surface area contributed by atoms with Gasteiger partial charge in [0.15, 0.2) is 0 Å². The Balaban J connectivity index is 1.08. The van der Waals surface area contributed by atoms with E-state index in [-0.39, 0.29) is 0 Å². The first kappa shape index (κ1) is 18.4. The zero-order valence-electron chi connectivity index (χ0n) is 16.4. The van der Waals surface area contributed by atoms with Crippen LogP contribution in [-0.2, 0) is 17.8 Å². The van der Waals surface area contributed by atoms with Crippen molar-refractivity contribution >= 4 is 12.6 Å². The number of fused-ring (bicyclic) bond motifs is 1. The first-order valence-electron chi connectivity index (χ1n) is 10.7. The fraction of sp³-hybridized carbons (Fsp3) is 0.478. The van der Waals surface area contributed by atoms with Crippen LogP contribution in [0.1, 0.15) is 41.9 Å². The number of piperidine rings is 1. The van der Waals surface area contributed by atoms with Crippen molar-refractivity contribution < 1.29 is 9.68 Å². The predicted molar refractivity (Wildman–Crippen MR) is 112 cm³/mol. The van der Waals surface area contributed by atoms with Crippen molar-refractivity contribution in [3.8, 4) is 0 Å². The third kappa shape index (κ3) is 3.90. The van der Waals surface area contributed by atoms with E-state index in [1.54, 1.807) is 0 Å². The van der Waals surface area contributed by atoms with Gasteiger partial charge >= 0.3 is 7.12 Å². The Morgan fingerprint density at radius 1 is 1.07 bits per heavy atom. The minimum absolute atomic E-state index is 0.539. The van der Waals surface area contributed by atoms with Crippen molar-refractivity contribution in [1.82, 2.24) is 10.2 Å². The summed E-state index contributed by atoms with van der Waals surface area (Å²) in [6.07, 6.45) is 3.82. The van der Waals surface area contributed by atoms with Crippen molar-refractivity contribution in [1.29, 1.82) is 0 Å². The van der Waals surface area contributed by atoms with Crippen molar-refractivity contribution in [2.45, 2.75) is 44.4 Å².